The van der Waals surface area contributed by atoms with Gasteiger partial charge in [0.2, 0.25) is 0 Å². The summed E-state index contributed by atoms with van der Waals surface area (Å²) in [5, 5.41) is 0. The van der Waals surface area contributed by atoms with Crippen molar-refractivity contribution >= 4 is 0 Å². The van der Waals surface area contributed by atoms with Crippen LogP contribution in [0.3, 0.4) is 0 Å². The van der Waals surface area contributed by atoms with E-state index in [2.05, 4.69) is 0 Å². The first-order valence-corrected chi connectivity index (χ1v) is 1.98. The van der Waals surface area contributed by atoms with Crippen LogP contribution in [-0.4, -0.2) is 14.0 Å². The van der Waals surface area contributed by atoms with Gasteiger partial charge in [-0.05, 0) is 0 Å². The van der Waals surface area contributed by atoms with Crippen LogP contribution in [0.2, 0.25) is 0 Å². The fourth-order valence-electron chi connectivity index (χ4n) is 0. The van der Waals surface area contributed by atoms with E-state index >= 15 is 0 Å². The summed E-state index contributed by atoms with van der Waals surface area (Å²) in [6.07, 6.45) is 0. The Morgan fingerprint density at radius 2 is 0.667 bits per heavy atom. The number of nitrogens with two attached hydrogens (primary N) is 6. The third-order valence-corrected chi connectivity index (χ3v) is 0. The summed E-state index contributed by atoms with van der Waals surface area (Å²) in [5.74, 6) is 0. The fourth-order valence-corrected chi connectivity index (χ4v) is 0. The molecule has 90 valence electrons. The van der Waals surface area contributed by atoms with E-state index in [4.69, 9.17) is 18.6 Å². The first-order chi connectivity index (χ1) is 2.00. The van der Waals surface area contributed by atoms with Crippen molar-refractivity contribution in [1.82, 2.24) is 0 Å². The van der Waals surface area contributed by atoms with Crippen LogP contribution < -0.4 is 4.66 Å². The van der Waals surface area contributed by atoms with Crippen LogP contribution in [0.5, 0.6) is 0 Å². The summed E-state index contributed by atoms with van der Waals surface area (Å²) < 4.78 is 30.2. The van der Waals surface area contributed by atoms with E-state index in [1.54, 1.807) is 0 Å². The van der Waals surface area contributed by atoms with Crippen LogP contribution in [0.4, 0.5) is 0 Å². The molecular formula is H15ClN6NiO4-4. The topological polar surface area (TPSA) is 285 Å². The van der Waals surface area contributed by atoms with Crippen molar-refractivity contribution in [2.75, 3.05) is 0 Å². The predicted octanol–water partition coefficient (Wildman–Crippen LogP) is 1.44. The molecular weight excluding hydrogens is 242 g/mol. The van der Waals surface area contributed by atoms with Gasteiger partial charge in [0.1, 0.15) is 0 Å². The predicted molar refractivity (Wildman–Crippen MR) is 38.4 cm³/mol. The van der Waals surface area contributed by atoms with Gasteiger partial charge in [-0.1, -0.05) is 0 Å². The van der Waals surface area contributed by atoms with Gasteiger partial charge in [0.15, 0.2) is 0 Å². The van der Waals surface area contributed by atoms with Crippen LogP contribution in [0.1, 0.15) is 0 Å². The van der Waals surface area contributed by atoms with E-state index in [0.29, 0.717) is 0 Å². The average molecular weight is 257 g/mol. The second-order valence-electron chi connectivity index (χ2n) is 0.434. The summed E-state index contributed by atoms with van der Waals surface area (Å²) in [4.78, 5) is 0. The van der Waals surface area contributed by atoms with Gasteiger partial charge in [0, 0.05) is 0 Å². The molecule has 12 heteroatoms. The van der Waals surface area contributed by atoms with Crippen LogP contribution in [-0.2, 0) is 16.5 Å². The molecule has 12 heavy (non-hydrogen) atoms. The molecule has 15 N–H and O–H groups in total. The minimum atomic E-state index is -4.19. The van der Waals surface area contributed by atoms with E-state index in [-0.39, 0.29) is 53.4 Å². The third kappa shape index (κ3) is 6220. The Balaban J connectivity index is -0.00000000381. The van der Waals surface area contributed by atoms with Crippen molar-refractivity contribution in [1.29, 1.82) is 0 Å². The Morgan fingerprint density at radius 3 is 0.667 bits per heavy atom. The van der Waals surface area contributed by atoms with E-state index in [9.17, 15) is 0 Å². The Bertz CT molecular complexity index is 35.0. The summed E-state index contributed by atoms with van der Waals surface area (Å²) in [6, 6.07) is 0. The van der Waals surface area contributed by atoms with Crippen molar-refractivity contribution in [3.05, 3.63) is 36.9 Å². The molecule has 0 spiro atoms. The van der Waals surface area contributed by atoms with Gasteiger partial charge in [-0.3, -0.25) is 0 Å². The SMILES string of the molecule is [NH2-].[NH2-].[NH2-].[NH2-].[NH2-].[NH2-].[Ni+2].[O-][Cl+](O)(O)O. The normalized spacial score (nSPS) is 6.33. The second-order valence-corrected chi connectivity index (χ2v) is 1.30. The molecule has 0 aromatic heterocycles. The summed E-state index contributed by atoms with van der Waals surface area (Å²) in [5.41, 5.74) is 0. The van der Waals surface area contributed by atoms with Gasteiger partial charge in [-0.25, -0.2) is 0 Å². The molecule has 0 unspecified atom stereocenters. The maximum atomic E-state index is 8.83. The Labute approximate surface area is 82.9 Å². The van der Waals surface area contributed by atoms with Gasteiger partial charge < -0.3 is 36.9 Å². The zero-order chi connectivity index (χ0) is 4.50. The van der Waals surface area contributed by atoms with Crippen LogP contribution in [0.25, 0.3) is 36.9 Å². The van der Waals surface area contributed by atoms with Crippen LogP contribution in [0.15, 0.2) is 0 Å². The molecule has 0 saturated heterocycles. The maximum absolute atomic E-state index is 8.83. The van der Waals surface area contributed by atoms with Crippen LogP contribution >= 0.6 is 0 Å². The number of halogens is 1. The van der Waals surface area contributed by atoms with E-state index in [0.717, 1.165) is 0 Å². The van der Waals surface area contributed by atoms with Gasteiger partial charge in [0.25, 0.3) is 0 Å². The Hall–Kier alpha value is 0.384. The van der Waals surface area contributed by atoms with E-state index < -0.39 is 10.2 Å². The van der Waals surface area contributed by atoms with Gasteiger partial charge >= 0.3 is 45.4 Å². The summed E-state index contributed by atoms with van der Waals surface area (Å²) >= 11 is 0. The molecule has 0 aliphatic carbocycles. The molecule has 0 aromatic rings. The molecule has 0 radical (unpaired) electrons. The molecule has 10 nitrogen and oxygen atoms in total. The molecule has 0 saturated carbocycles. The van der Waals surface area contributed by atoms with E-state index in [1.165, 1.54) is 0 Å². The fraction of sp³-hybridized carbons (Fsp3) is 0. The van der Waals surface area contributed by atoms with Crippen molar-refractivity contribution in [3.63, 3.8) is 0 Å². The third-order valence-electron chi connectivity index (χ3n) is 0. The number of hydrogen-bond acceptors (Lipinski definition) is 4. The average Bonchev–Trinajstić information content (AvgIpc) is 0.722. The van der Waals surface area contributed by atoms with Crippen molar-refractivity contribution in [3.8, 4) is 0 Å². The van der Waals surface area contributed by atoms with Crippen LogP contribution in [0, 0.1) is 10.2 Å². The first kappa shape index (κ1) is 83.5. The molecule has 0 atom stereocenters. The molecule has 0 aliphatic heterocycles. The number of rotatable bonds is 0. The monoisotopic (exact) mass is 256 g/mol. The molecule has 0 aliphatic rings. The molecule has 0 aromatic carbocycles. The first-order valence-electron chi connectivity index (χ1n) is 0.661. The molecule has 0 rings (SSSR count). The molecule has 0 amide bonds. The zero-order valence-corrected chi connectivity index (χ0v) is 7.65. The van der Waals surface area contributed by atoms with Crippen molar-refractivity contribution in [2.24, 2.45) is 0 Å². The minimum absolute atomic E-state index is 0. The Morgan fingerprint density at radius 1 is 0.667 bits per heavy atom. The quantitative estimate of drug-likeness (QED) is 0.542. The van der Waals surface area contributed by atoms with Gasteiger partial charge in [-0.15, -0.1) is 0 Å². The number of hydrogen-bond donors (Lipinski definition) is 3. The summed E-state index contributed by atoms with van der Waals surface area (Å²) in [7, 11) is -4.19. The second kappa shape index (κ2) is 30.1. The molecule has 0 bridgehead atoms. The van der Waals surface area contributed by atoms with Gasteiger partial charge in [0.05, 0.1) is 0 Å². The van der Waals surface area contributed by atoms with Gasteiger partial charge in [-0.2, -0.15) is 0 Å². The zero-order valence-electron chi connectivity index (χ0n) is 5.91. The standard InChI is InChI=1S/ClH3O4.6H2N.Ni/c2-1(3,4)5;;;;;;;/h2-4H;6*1H2;/q;6*-1;+2. The molecule has 0 fully saturated rings. The summed E-state index contributed by atoms with van der Waals surface area (Å²) in [6.45, 7) is 0. The van der Waals surface area contributed by atoms with E-state index in [1.807, 2.05) is 0 Å². The molecule has 0 heterocycles. The van der Waals surface area contributed by atoms with Crippen molar-refractivity contribution in [2.45, 2.75) is 0 Å². The van der Waals surface area contributed by atoms with Crippen molar-refractivity contribution < 1.29 is 45.4 Å². The Kier molecular flexibility index (Phi) is 210.